The van der Waals surface area contributed by atoms with E-state index < -0.39 is 0 Å². The molecule has 26 heavy (non-hydrogen) atoms. The number of anilines is 2. The van der Waals surface area contributed by atoms with Crippen LogP contribution < -0.4 is 10.6 Å². The number of aryl methyl sites for hydroxylation is 1. The molecule has 6 heteroatoms. The van der Waals surface area contributed by atoms with E-state index >= 15 is 0 Å². The van der Waals surface area contributed by atoms with Gasteiger partial charge in [0.15, 0.2) is 5.13 Å². The van der Waals surface area contributed by atoms with E-state index in [0.29, 0.717) is 10.7 Å². The molecule has 0 unspecified atom stereocenters. The number of aromatic nitrogens is 1. The monoisotopic (exact) mass is 365 g/mol. The topological polar surface area (TPSA) is 71.1 Å². The van der Waals surface area contributed by atoms with Crippen molar-refractivity contribution in [1.29, 1.82) is 0 Å². The number of nitrogens with one attached hydrogen (secondary N) is 2. The van der Waals surface area contributed by atoms with Gasteiger partial charge in [-0.2, -0.15) is 0 Å². The maximum absolute atomic E-state index is 12.5. The third kappa shape index (κ3) is 3.97. The normalized spacial score (nSPS) is 10.4. The number of hydrogen-bond donors (Lipinski definition) is 2. The Bertz CT molecular complexity index is 961. The molecular weight excluding hydrogens is 346 g/mol. The van der Waals surface area contributed by atoms with Crippen LogP contribution in [0.1, 0.15) is 28.4 Å². The Morgan fingerprint density at radius 1 is 1.00 bits per heavy atom. The Hall–Kier alpha value is -2.99. The fraction of sp³-hybridized carbons (Fsp3) is 0.150. The quantitative estimate of drug-likeness (QED) is 0.708. The molecule has 0 atom stereocenters. The zero-order valence-corrected chi connectivity index (χ0v) is 15.6. The Balaban J connectivity index is 1.74. The predicted octanol–water partition coefficient (Wildman–Crippen LogP) is 4.64. The number of carbonyl (C=O) groups excluding carboxylic acids is 2. The summed E-state index contributed by atoms with van der Waals surface area (Å²) < 4.78 is 0. The van der Waals surface area contributed by atoms with Crippen molar-refractivity contribution in [1.82, 2.24) is 4.98 Å². The van der Waals surface area contributed by atoms with Crippen molar-refractivity contribution in [3.8, 4) is 11.3 Å². The van der Waals surface area contributed by atoms with E-state index in [-0.39, 0.29) is 11.8 Å². The molecule has 0 saturated carbocycles. The van der Waals surface area contributed by atoms with E-state index in [1.165, 1.54) is 18.3 Å². The van der Waals surface area contributed by atoms with Crippen LogP contribution in [0.25, 0.3) is 11.3 Å². The molecule has 2 aromatic carbocycles. The van der Waals surface area contributed by atoms with Gasteiger partial charge in [-0.05, 0) is 43.2 Å². The van der Waals surface area contributed by atoms with Crippen LogP contribution in [0.3, 0.4) is 0 Å². The van der Waals surface area contributed by atoms with Gasteiger partial charge in [-0.1, -0.05) is 24.3 Å². The van der Waals surface area contributed by atoms with Crippen LogP contribution in [0.2, 0.25) is 0 Å². The van der Waals surface area contributed by atoms with E-state index in [9.17, 15) is 9.59 Å². The van der Waals surface area contributed by atoms with Crippen molar-refractivity contribution in [3.05, 3.63) is 64.5 Å². The van der Waals surface area contributed by atoms with Crippen LogP contribution in [-0.4, -0.2) is 16.8 Å². The molecule has 132 valence electrons. The molecule has 0 bridgehead atoms. The van der Waals surface area contributed by atoms with Crippen molar-refractivity contribution in [3.63, 3.8) is 0 Å². The van der Waals surface area contributed by atoms with Crippen molar-refractivity contribution in [2.24, 2.45) is 0 Å². The second-order valence-corrected chi connectivity index (χ2v) is 6.86. The van der Waals surface area contributed by atoms with Gasteiger partial charge in [0, 0.05) is 29.1 Å². The van der Waals surface area contributed by atoms with E-state index in [1.54, 1.807) is 0 Å². The van der Waals surface area contributed by atoms with Gasteiger partial charge in [0.05, 0.1) is 5.69 Å². The number of benzene rings is 2. The first-order valence-electron chi connectivity index (χ1n) is 8.15. The number of rotatable bonds is 4. The third-order valence-corrected chi connectivity index (χ3v) is 4.83. The van der Waals surface area contributed by atoms with Gasteiger partial charge >= 0.3 is 0 Å². The summed E-state index contributed by atoms with van der Waals surface area (Å²) in [4.78, 5) is 28.1. The third-order valence-electron chi connectivity index (χ3n) is 4.07. The van der Waals surface area contributed by atoms with Crippen LogP contribution in [0.5, 0.6) is 0 Å². The minimum absolute atomic E-state index is 0.108. The van der Waals surface area contributed by atoms with Crippen molar-refractivity contribution < 1.29 is 9.59 Å². The van der Waals surface area contributed by atoms with Gasteiger partial charge in [0.2, 0.25) is 5.91 Å². The molecule has 1 heterocycles. The van der Waals surface area contributed by atoms with Crippen molar-refractivity contribution in [2.45, 2.75) is 20.8 Å². The molecule has 0 aliphatic rings. The Labute approximate surface area is 156 Å². The standard InChI is InChI=1S/C20H19N3O2S/c1-12-5-4-6-17(13(12)2)19(25)23-20-22-18(11-26-20)15-7-9-16(10-8-15)21-14(3)24/h4-11H,1-3H3,(H,21,24)(H,22,23,25). The summed E-state index contributed by atoms with van der Waals surface area (Å²) in [6.45, 7) is 5.39. The highest BCUT2D eigenvalue weighted by Gasteiger charge is 2.13. The fourth-order valence-corrected chi connectivity index (χ4v) is 3.27. The van der Waals surface area contributed by atoms with E-state index in [1.807, 2.05) is 61.7 Å². The summed E-state index contributed by atoms with van der Waals surface area (Å²) in [6, 6.07) is 13.1. The molecule has 0 aliphatic carbocycles. The fourth-order valence-electron chi connectivity index (χ4n) is 2.55. The highest BCUT2D eigenvalue weighted by Crippen LogP contribution is 2.26. The summed E-state index contributed by atoms with van der Waals surface area (Å²) >= 11 is 1.38. The first-order chi connectivity index (χ1) is 12.4. The molecule has 0 saturated heterocycles. The van der Waals surface area contributed by atoms with Crippen LogP contribution >= 0.6 is 11.3 Å². The maximum atomic E-state index is 12.5. The summed E-state index contributed by atoms with van der Waals surface area (Å²) in [5, 5.41) is 8.04. The molecule has 2 N–H and O–H groups in total. The Morgan fingerprint density at radius 2 is 1.73 bits per heavy atom. The smallest absolute Gasteiger partial charge is 0.257 e. The van der Waals surface area contributed by atoms with Crippen molar-refractivity contribution >= 4 is 34.0 Å². The highest BCUT2D eigenvalue weighted by atomic mass is 32.1. The van der Waals surface area contributed by atoms with E-state index in [2.05, 4.69) is 15.6 Å². The van der Waals surface area contributed by atoms with Gasteiger partial charge in [-0.3, -0.25) is 14.9 Å². The summed E-state index contributed by atoms with van der Waals surface area (Å²) in [6.07, 6.45) is 0. The molecule has 5 nitrogen and oxygen atoms in total. The van der Waals surface area contributed by atoms with Gasteiger partial charge < -0.3 is 5.32 Å². The van der Waals surface area contributed by atoms with E-state index in [4.69, 9.17) is 0 Å². The Morgan fingerprint density at radius 3 is 2.42 bits per heavy atom. The summed E-state index contributed by atoms with van der Waals surface area (Å²) in [5.74, 6) is -0.268. The SMILES string of the molecule is CC(=O)Nc1ccc(-c2csc(NC(=O)c3cccc(C)c3C)n2)cc1. The van der Waals surface area contributed by atoms with Crippen LogP contribution in [-0.2, 0) is 4.79 Å². The molecule has 1 aromatic heterocycles. The second kappa shape index (κ2) is 7.49. The van der Waals surface area contributed by atoms with Crippen molar-refractivity contribution in [2.75, 3.05) is 10.6 Å². The molecule has 2 amide bonds. The van der Waals surface area contributed by atoms with E-state index in [0.717, 1.165) is 28.1 Å². The van der Waals surface area contributed by atoms with Gasteiger partial charge in [0.1, 0.15) is 0 Å². The number of thiazole rings is 1. The number of carbonyl (C=O) groups is 2. The molecule has 3 rings (SSSR count). The summed E-state index contributed by atoms with van der Waals surface area (Å²) in [7, 11) is 0. The maximum Gasteiger partial charge on any atom is 0.257 e. The number of amides is 2. The highest BCUT2D eigenvalue weighted by molar-refractivity contribution is 7.14. The average Bonchev–Trinajstić information content (AvgIpc) is 3.06. The molecule has 0 aliphatic heterocycles. The first kappa shape index (κ1) is 17.8. The largest absolute Gasteiger partial charge is 0.326 e. The zero-order chi connectivity index (χ0) is 18.7. The first-order valence-corrected chi connectivity index (χ1v) is 9.03. The molecule has 0 fully saturated rings. The lowest BCUT2D eigenvalue weighted by atomic mass is 10.0. The lowest BCUT2D eigenvalue weighted by Crippen LogP contribution is -2.13. The molecule has 0 spiro atoms. The van der Waals surface area contributed by atoms with Gasteiger partial charge in [-0.25, -0.2) is 4.98 Å². The lowest BCUT2D eigenvalue weighted by molar-refractivity contribution is -0.114. The average molecular weight is 365 g/mol. The molecule has 3 aromatic rings. The molecule has 0 radical (unpaired) electrons. The van der Waals surface area contributed by atoms with Gasteiger partial charge in [-0.15, -0.1) is 11.3 Å². The zero-order valence-electron chi connectivity index (χ0n) is 14.8. The minimum atomic E-state index is -0.159. The molecular formula is C20H19N3O2S. The second-order valence-electron chi connectivity index (χ2n) is 6.00. The van der Waals surface area contributed by atoms with Crippen LogP contribution in [0.15, 0.2) is 47.8 Å². The predicted molar refractivity (Wildman–Crippen MR) is 106 cm³/mol. The van der Waals surface area contributed by atoms with Gasteiger partial charge in [0.25, 0.3) is 5.91 Å². The number of nitrogens with zero attached hydrogens (tertiary/aromatic N) is 1. The van der Waals surface area contributed by atoms with Crippen LogP contribution in [0.4, 0.5) is 10.8 Å². The Kier molecular flexibility index (Phi) is 5.14. The van der Waals surface area contributed by atoms with Crippen LogP contribution in [0, 0.1) is 13.8 Å². The summed E-state index contributed by atoms with van der Waals surface area (Å²) in [5.41, 5.74) is 5.14. The minimum Gasteiger partial charge on any atom is -0.326 e. The lowest BCUT2D eigenvalue weighted by Gasteiger charge is -2.07. The number of hydrogen-bond acceptors (Lipinski definition) is 4.